The number of hydrogen-bond donors (Lipinski definition) is 3. The molecule has 3 N–H and O–H groups in total. The first-order valence-corrected chi connectivity index (χ1v) is 11.7. The molecule has 2 aromatic rings. The molecule has 2 fully saturated rings. The van der Waals surface area contributed by atoms with Crippen molar-refractivity contribution in [3.8, 4) is 5.75 Å². The molecule has 0 spiro atoms. The van der Waals surface area contributed by atoms with Crippen molar-refractivity contribution >= 4 is 0 Å². The zero-order valence-electron chi connectivity index (χ0n) is 18.2. The van der Waals surface area contributed by atoms with E-state index in [9.17, 15) is 10.2 Å². The zero-order chi connectivity index (χ0) is 21.5. The van der Waals surface area contributed by atoms with Crippen molar-refractivity contribution in [3.63, 3.8) is 0 Å². The van der Waals surface area contributed by atoms with Gasteiger partial charge in [0.2, 0.25) is 0 Å². The van der Waals surface area contributed by atoms with E-state index in [4.69, 9.17) is 9.72 Å². The third-order valence-corrected chi connectivity index (χ3v) is 6.98. The maximum Gasteiger partial charge on any atom is 0.166 e. The second kappa shape index (κ2) is 11.0. The Morgan fingerprint density at radius 1 is 1.03 bits per heavy atom. The molecule has 0 bridgehead atoms. The summed E-state index contributed by atoms with van der Waals surface area (Å²) in [4.78, 5) is 9.05. The lowest BCUT2D eigenvalue weighted by Gasteiger charge is -2.28. The minimum absolute atomic E-state index is 0.00248. The van der Waals surface area contributed by atoms with Crippen LogP contribution in [0.5, 0.6) is 5.75 Å². The Kier molecular flexibility index (Phi) is 7.89. The first kappa shape index (κ1) is 22.2. The van der Waals surface area contributed by atoms with E-state index >= 15 is 0 Å². The summed E-state index contributed by atoms with van der Waals surface area (Å²) in [5, 5.41) is 24.2. The van der Waals surface area contributed by atoms with Gasteiger partial charge in [-0.05, 0) is 62.3 Å². The molecule has 1 heterocycles. The Morgan fingerprint density at radius 3 is 2.61 bits per heavy atom. The standard InChI is InChI=1S/C25H35N3O3/c29-16-22-21(23(14-24(22)30)27-15-18-7-3-1-4-8-18)13-19-11-12-26-25(28-19)17-31-20-9-5-2-6-10-20/h2,5-6,9-12,18,21-24,27,29-30H,1,3-4,7-8,13-17H2/t21-,22-,23-,24-/m1/s1. The highest BCUT2D eigenvalue weighted by molar-refractivity contribution is 5.21. The second-order valence-corrected chi connectivity index (χ2v) is 9.10. The minimum atomic E-state index is -0.471. The molecule has 31 heavy (non-hydrogen) atoms. The van der Waals surface area contributed by atoms with Crippen LogP contribution in [0.15, 0.2) is 42.6 Å². The van der Waals surface area contributed by atoms with E-state index in [0.717, 1.165) is 23.9 Å². The molecule has 0 unspecified atom stereocenters. The monoisotopic (exact) mass is 425 g/mol. The lowest BCUT2D eigenvalue weighted by Crippen LogP contribution is -2.39. The normalized spacial score (nSPS) is 26.8. The van der Waals surface area contributed by atoms with Crippen LogP contribution in [0, 0.1) is 17.8 Å². The minimum Gasteiger partial charge on any atom is -0.486 e. The number of ether oxygens (including phenoxy) is 1. The molecule has 2 aliphatic rings. The molecule has 6 nitrogen and oxygen atoms in total. The molecular formula is C25H35N3O3. The van der Waals surface area contributed by atoms with Gasteiger partial charge >= 0.3 is 0 Å². The lowest BCUT2D eigenvalue weighted by molar-refractivity contribution is 0.0715. The molecule has 1 aromatic carbocycles. The smallest absolute Gasteiger partial charge is 0.166 e. The summed E-state index contributed by atoms with van der Waals surface area (Å²) in [7, 11) is 0. The predicted octanol–water partition coefficient (Wildman–Crippen LogP) is 3.13. The van der Waals surface area contributed by atoms with Crippen molar-refractivity contribution in [2.75, 3.05) is 13.2 Å². The quantitative estimate of drug-likeness (QED) is 0.572. The Balaban J connectivity index is 1.38. The van der Waals surface area contributed by atoms with Gasteiger partial charge < -0.3 is 20.3 Å². The fourth-order valence-electron chi connectivity index (χ4n) is 5.22. The average Bonchev–Trinajstić information content (AvgIpc) is 3.11. The fourth-order valence-corrected chi connectivity index (χ4v) is 5.22. The summed E-state index contributed by atoms with van der Waals surface area (Å²) in [6.45, 7) is 1.33. The molecule has 4 atom stereocenters. The number of para-hydroxylation sites is 1. The molecule has 2 aliphatic carbocycles. The van der Waals surface area contributed by atoms with Gasteiger partial charge in [0.1, 0.15) is 12.4 Å². The molecular weight excluding hydrogens is 390 g/mol. The van der Waals surface area contributed by atoms with E-state index < -0.39 is 6.10 Å². The van der Waals surface area contributed by atoms with Crippen molar-refractivity contribution in [3.05, 3.63) is 54.1 Å². The number of aliphatic hydroxyl groups excluding tert-OH is 2. The molecule has 2 saturated carbocycles. The molecule has 0 amide bonds. The Bertz CT molecular complexity index is 798. The topological polar surface area (TPSA) is 87.5 Å². The Hall–Kier alpha value is -2.02. The van der Waals surface area contributed by atoms with Crippen LogP contribution in [-0.4, -0.2) is 45.5 Å². The van der Waals surface area contributed by atoms with Crippen LogP contribution in [0.3, 0.4) is 0 Å². The van der Waals surface area contributed by atoms with E-state index in [0.29, 0.717) is 25.3 Å². The van der Waals surface area contributed by atoms with Crippen molar-refractivity contribution < 1.29 is 14.9 Å². The Labute approximate surface area is 185 Å². The SMILES string of the molecule is OC[C@@H]1[C@@H](Cc2ccnc(COc3ccccc3)n2)[C@H](NCC2CCCCC2)C[C@H]1O. The van der Waals surface area contributed by atoms with E-state index in [-0.39, 0.29) is 24.5 Å². The fraction of sp³-hybridized carbons (Fsp3) is 0.600. The first-order valence-electron chi connectivity index (χ1n) is 11.7. The second-order valence-electron chi connectivity index (χ2n) is 9.10. The number of aromatic nitrogens is 2. The van der Waals surface area contributed by atoms with Crippen LogP contribution in [-0.2, 0) is 13.0 Å². The molecule has 6 heteroatoms. The molecule has 168 valence electrons. The molecule has 0 radical (unpaired) electrons. The van der Waals surface area contributed by atoms with Crippen molar-refractivity contribution in [2.45, 2.75) is 63.7 Å². The Morgan fingerprint density at radius 2 is 1.84 bits per heavy atom. The maximum absolute atomic E-state index is 10.6. The van der Waals surface area contributed by atoms with E-state index in [1.807, 2.05) is 36.4 Å². The number of benzene rings is 1. The zero-order valence-corrected chi connectivity index (χ0v) is 18.2. The van der Waals surface area contributed by atoms with Crippen molar-refractivity contribution in [1.82, 2.24) is 15.3 Å². The first-order chi connectivity index (χ1) is 15.2. The molecule has 4 rings (SSSR count). The third kappa shape index (κ3) is 6.03. The van der Waals surface area contributed by atoms with Gasteiger partial charge in [0.25, 0.3) is 0 Å². The largest absolute Gasteiger partial charge is 0.486 e. The number of nitrogens with zero attached hydrogens (tertiary/aromatic N) is 2. The summed E-state index contributed by atoms with van der Waals surface area (Å²) in [5.74, 6) is 2.21. The van der Waals surface area contributed by atoms with Crippen LogP contribution in [0.1, 0.15) is 50.0 Å². The van der Waals surface area contributed by atoms with Crippen LogP contribution < -0.4 is 10.1 Å². The van der Waals surface area contributed by atoms with E-state index in [1.165, 1.54) is 32.1 Å². The highest BCUT2D eigenvalue weighted by atomic mass is 16.5. The molecule has 0 saturated heterocycles. The number of hydrogen-bond acceptors (Lipinski definition) is 6. The number of rotatable bonds is 9. The summed E-state index contributed by atoms with van der Waals surface area (Å²) >= 11 is 0. The summed E-state index contributed by atoms with van der Waals surface area (Å²) < 4.78 is 5.79. The van der Waals surface area contributed by atoms with Crippen LogP contribution in [0.2, 0.25) is 0 Å². The predicted molar refractivity (Wildman–Crippen MR) is 120 cm³/mol. The summed E-state index contributed by atoms with van der Waals surface area (Å²) in [5.41, 5.74) is 0.934. The average molecular weight is 426 g/mol. The highest BCUT2D eigenvalue weighted by Crippen LogP contribution is 2.35. The van der Waals surface area contributed by atoms with Gasteiger partial charge in [-0.15, -0.1) is 0 Å². The summed E-state index contributed by atoms with van der Waals surface area (Å²) in [6.07, 6.45) is 9.33. The third-order valence-electron chi connectivity index (χ3n) is 6.98. The number of nitrogens with one attached hydrogen (secondary N) is 1. The maximum atomic E-state index is 10.6. The van der Waals surface area contributed by atoms with Gasteiger partial charge in [0.15, 0.2) is 5.82 Å². The van der Waals surface area contributed by atoms with E-state index in [1.54, 1.807) is 6.20 Å². The van der Waals surface area contributed by atoms with Gasteiger partial charge in [0, 0.05) is 30.5 Å². The van der Waals surface area contributed by atoms with Gasteiger partial charge in [-0.3, -0.25) is 0 Å². The lowest BCUT2D eigenvalue weighted by atomic mass is 9.87. The van der Waals surface area contributed by atoms with Crippen LogP contribution in [0.4, 0.5) is 0 Å². The van der Waals surface area contributed by atoms with Gasteiger partial charge in [0.05, 0.1) is 6.10 Å². The van der Waals surface area contributed by atoms with E-state index in [2.05, 4.69) is 10.3 Å². The van der Waals surface area contributed by atoms with Crippen LogP contribution >= 0.6 is 0 Å². The van der Waals surface area contributed by atoms with Crippen LogP contribution in [0.25, 0.3) is 0 Å². The van der Waals surface area contributed by atoms with Gasteiger partial charge in [-0.2, -0.15) is 0 Å². The van der Waals surface area contributed by atoms with Crippen molar-refractivity contribution in [1.29, 1.82) is 0 Å². The molecule has 1 aromatic heterocycles. The van der Waals surface area contributed by atoms with Gasteiger partial charge in [-0.25, -0.2) is 9.97 Å². The highest BCUT2D eigenvalue weighted by Gasteiger charge is 2.42. The van der Waals surface area contributed by atoms with Gasteiger partial charge in [-0.1, -0.05) is 37.5 Å². The number of aliphatic hydroxyl groups is 2. The van der Waals surface area contributed by atoms with Crippen molar-refractivity contribution in [2.24, 2.45) is 17.8 Å². The summed E-state index contributed by atoms with van der Waals surface area (Å²) in [6, 6.07) is 11.8. The molecule has 0 aliphatic heterocycles.